The molecule has 0 unspecified atom stereocenters. The molecule has 25 heavy (non-hydrogen) atoms. The van der Waals surface area contributed by atoms with Crippen LogP contribution >= 0.6 is 11.3 Å². The molecule has 2 N–H and O–H groups in total. The molecular weight excluding hydrogens is 359 g/mol. The van der Waals surface area contributed by atoms with Gasteiger partial charge in [0.1, 0.15) is 0 Å². The van der Waals surface area contributed by atoms with E-state index in [-0.39, 0.29) is 18.7 Å². The maximum absolute atomic E-state index is 13.1. The maximum Gasteiger partial charge on any atom is 0.321 e. The summed E-state index contributed by atoms with van der Waals surface area (Å²) in [5, 5.41) is 6.97. The van der Waals surface area contributed by atoms with Crippen molar-refractivity contribution in [3.05, 3.63) is 46.2 Å². The first-order valence-corrected chi connectivity index (χ1v) is 8.07. The Bertz CT molecular complexity index is 704. The summed E-state index contributed by atoms with van der Waals surface area (Å²) in [7, 11) is 1.57. The van der Waals surface area contributed by atoms with Gasteiger partial charge in [-0.2, -0.15) is 0 Å². The third-order valence-corrected chi connectivity index (χ3v) is 3.76. The van der Waals surface area contributed by atoms with Crippen LogP contribution < -0.4 is 10.6 Å². The number of thiazole rings is 1. The van der Waals surface area contributed by atoms with Gasteiger partial charge < -0.3 is 14.8 Å². The van der Waals surface area contributed by atoms with Crippen molar-refractivity contribution in [3.63, 3.8) is 0 Å². The Balaban J connectivity index is 1.79. The molecule has 136 valence electrons. The largest absolute Gasteiger partial charge is 0.382 e. The number of carbonyl (C=O) groups excluding carboxylic acids is 1. The number of rotatable bonds is 8. The molecule has 0 spiro atoms. The predicted molar refractivity (Wildman–Crippen MR) is 85.8 cm³/mol. The second kappa shape index (κ2) is 9.35. The van der Waals surface area contributed by atoms with E-state index in [4.69, 9.17) is 9.47 Å². The van der Waals surface area contributed by atoms with Crippen molar-refractivity contribution in [2.24, 2.45) is 0 Å². The summed E-state index contributed by atoms with van der Waals surface area (Å²) in [5.74, 6) is -4.17. The number of aromatic nitrogens is 1. The quantitative estimate of drug-likeness (QED) is 0.550. The number of halogens is 3. The lowest BCUT2D eigenvalue weighted by Gasteiger charge is -2.06. The fraction of sp³-hybridized carbons (Fsp3) is 0.333. The number of nitrogens with one attached hydrogen (secondary N) is 2. The van der Waals surface area contributed by atoms with Crippen LogP contribution in [0.15, 0.2) is 17.5 Å². The first-order chi connectivity index (χ1) is 12.0. The van der Waals surface area contributed by atoms with Gasteiger partial charge in [-0.1, -0.05) is 0 Å². The first-order valence-electron chi connectivity index (χ1n) is 7.19. The Morgan fingerprint density at radius 3 is 2.64 bits per heavy atom. The fourth-order valence-electron chi connectivity index (χ4n) is 1.78. The van der Waals surface area contributed by atoms with E-state index in [0.717, 1.165) is 12.1 Å². The van der Waals surface area contributed by atoms with Crippen LogP contribution in [-0.4, -0.2) is 31.3 Å². The Morgan fingerprint density at radius 2 is 1.96 bits per heavy atom. The van der Waals surface area contributed by atoms with E-state index in [0.29, 0.717) is 24.0 Å². The summed E-state index contributed by atoms with van der Waals surface area (Å²) < 4.78 is 49.2. The van der Waals surface area contributed by atoms with Gasteiger partial charge in [0.2, 0.25) is 0 Å². The second-order valence-electron chi connectivity index (χ2n) is 4.87. The molecule has 1 aromatic heterocycles. The summed E-state index contributed by atoms with van der Waals surface area (Å²) in [4.78, 5) is 15.9. The highest BCUT2D eigenvalue weighted by atomic mass is 32.1. The fourth-order valence-corrected chi connectivity index (χ4v) is 2.47. The molecule has 2 rings (SSSR count). The van der Waals surface area contributed by atoms with E-state index in [1.165, 1.54) is 11.3 Å². The number of carbonyl (C=O) groups is 1. The Kier molecular flexibility index (Phi) is 7.16. The average molecular weight is 375 g/mol. The highest BCUT2D eigenvalue weighted by molar-refractivity contribution is 7.13. The molecule has 0 aliphatic heterocycles. The van der Waals surface area contributed by atoms with Gasteiger partial charge in [-0.25, -0.2) is 22.9 Å². The van der Waals surface area contributed by atoms with Crippen molar-refractivity contribution in [2.75, 3.05) is 25.6 Å². The minimum absolute atomic E-state index is 0.0953. The Hall–Kier alpha value is -2.17. The summed E-state index contributed by atoms with van der Waals surface area (Å²) in [6.45, 7) is 1.03. The van der Waals surface area contributed by atoms with E-state index in [9.17, 15) is 18.0 Å². The van der Waals surface area contributed by atoms with Crippen LogP contribution in [0.2, 0.25) is 0 Å². The van der Waals surface area contributed by atoms with Crippen LogP contribution in [0, 0.1) is 17.5 Å². The average Bonchev–Trinajstić information content (AvgIpc) is 3.02. The lowest BCUT2D eigenvalue weighted by atomic mass is 10.2. The van der Waals surface area contributed by atoms with Crippen molar-refractivity contribution < 1.29 is 27.4 Å². The number of hydrogen-bond acceptors (Lipinski definition) is 5. The summed E-state index contributed by atoms with van der Waals surface area (Å²) in [5.41, 5.74) is 0.747. The number of benzene rings is 1. The number of methoxy groups -OCH3 is 1. The van der Waals surface area contributed by atoms with Crippen molar-refractivity contribution >= 4 is 22.5 Å². The van der Waals surface area contributed by atoms with E-state index in [1.54, 1.807) is 12.5 Å². The molecule has 0 atom stereocenters. The smallest absolute Gasteiger partial charge is 0.321 e. The van der Waals surface area contributed by atoms with Gasteiger partial charge in [0.25, 0.3) is 0 Å². The molecule has 0 saturated heterocycles. The minimum Gasteiger partial charge on any atom is -0.382 e. The molecule has 0 fully saturated rings. The van der Waals surface area contributed by atoms with Gasteiger partial charge >= 0.3 is 6.03 Å². The van der Waals surface area contributed by atoms with Crippen LogP contribution in [0.5, 0.6) is 0 Å². The monoisotopic (exact) mass is 375 g/mol. The third-order valence-electron chi connectivity index (χ3n) is 2.95. The van der Waals surface area contributed by atoms with Gasteiger partial charge in [-0.3, -0.25) is 5.32 Å². The SMILES string of the molecule is COCCOCc1csc(NC(=O)NCc2cc(F)c(F)c(F)c2)n1. The van der Waals surface area contributed by atoms with E-state index >= 15 is 0 Å². The normalized spacial score (nSPS) is 10.7. The van der Waals surface area contributed by atoms with Gasteiger partial charge in [0, 0.05) is 19.0 Å². The lowest BCUT2D eigenvalue weighted by Crippen LogP contribution is -2.28. The van der Waals surface area contributed by atoms with Crippen molar-refractivity contribution in [3.8, 4) is 0 Å². The number of ether oxygens (including phenoxy) is 2. The zero-order valence-electron chi connectivity index (χ0n) is 13.3. The molecule has 0 saturated carbocycles. The summed E-state index contributed by atoms with van der Waals surface area (Å²) >= 11 is 1.21. The zero-order valence-corrected chi connectivity index (χ0v) is 14.1. The van der Waals surface area contributed by atoms with Gasteiger partial charge in [0.15, 0.2) is 22.6 Å². The van der Waals surface area contributed by atoms with Crippen LogP contribution in [0.25, 0.3) is 0 Å². The molecular formula is C15H16F3N3O3S. The lowest BCUT2D eigenvalue weighted by molar-refractivity contribution is 0.0604. The first kappa shape index (κ1) is 19.2. The number of hydrogen-bond donors (Lipinski definition) is 2. The topological polar surface area (TPSA) is 72.5 Å². The molecule has 10 heteroatoms. The predicted octanol–water partition coefficient (Wildman–Crippen LogP) is 3.05. The Labute approximate surface area is 146 Å². The zero-order chi connectivity index (χ0) is 18.2. The molecule has 0 radical (unpaired) electrons. The molecule has 2 amide bonds. The molecule has 0 aliphatic carbocycles. The van der Waals surface area contributed by atoms with E-state index < -0.39 is 23.5 Å². The van der Waals surface area contributed by atoms with Crippen molar-refractivity contribution in [2.45, 2.75) is 13.2 Å². The van der Waals surface area contributed by atoms with Crippen LogP contribution in [0.1, 0.15) is 11.3 Å². The van der Waals surface area contributed by atoms with Crippen molar-refractivity contribution in [1.29, 1.82) is 0 Å². The van der Waals surface area contributed by atoms with Gasteiger partial charge in [-0.05, 0) is 17.7 Å². The number of urea groups is 1. The van der Waals surface area contributed by atoms with Crippen LogP contribution in [-0.2, 0) is 22.6 Å². The molecule has 6 nitrogen and oxygen atoms in total. The van der Waals surface area contributed by atoms with E-state index in [1.807, 2.05) is 0 Å². The molecule has 2 aromatic rings. The Morgan fingerprint density at radius 1 is 1.24 bits per heavy atom. The highest BCUT2D eigenvalue weighted by Gasteiger charge is 2.12. The number of nitrogens with zero attached hydrogens (tertiary/aromatic N) is 1. The molecule has 1 aromatic carbocycles. The second-order valence-corrected chi connectivity index (χ2v) is 5.73. The number of anilines is 1. The summed E-state index contributed by atoms with van der Waals surface area (Å²) in [6, 6.07) is 1.03. The molecule has 1 heterocycles. The summed E-state index contributed by atoms with van der Waals surface area (Å²) in [6.07, 6.45) is 0. The molecule has 0 aliphatic rings. The third kappa shape index (κ3) is 6.00. The van der Waals surface area contributed by atoms with Gasteiger partial charge in [-0.15, -0.1) is 11.3 Å². The van der Waals surface area contributed by atoms with Crippen LogP contribution in [0.3, 0.4) is 0 Å². The van der Waals surface area contributed by atoms with Crippen LogP contribution in [0.4, 0.5) is 23.1 Å². The maximum atomic E-state index is 13.1. The molecule has 0 bridgehead atoms. The minimum atomic E-state index is -1.55. The van der Waals surface area contributed by atoms with Gasteiger partial charge in [0.05, 0.1) is 25.5 Å². The number of amides is 2. The highest BCUT2D eigenvalue weighted by Crippen LogP contribution is 2.16. The van der Waals surface area contributed by atoms with Crippen molar-refractivity contribution in [1.82, 2.24) is 10.3 Å². The standard InChI is InChI=1S/C15H16F3N3O3S/c1-23-2-3-24-7-10-8-25-15(20-10)21-14(22)19-6-9-4-11(16)13(18)12(17)5-9/h4-5,8H,2-3,6-7H2,1H3,(H2,19,20,21,22). The van der Waals surface area contributed by atoms with E-state index in [2.05, 4.69) is 15.6 Å².